The molecule has 1 heterocycles. The standard InChI is InChI=1S/C29H31N5O4/c1-2-17-31-28(36)29(20-23-11-6-7-12-25(23)33-34-30)26(21-9-4-3-5-10-21)38-27(32-29)22-13-15-24(16-14-22)37-19-8-18-35/h3-7,9-16,26,35H,2,8,17-20H2,1H3,(H,31,36)/t26-,29-/m1/s1. The molecule has 0 bridgehead atoms. The van der Waals surface area contributed by atoms with Crippen LogP contribution in [0.3, 0.4) is 0 Å². The monoisotopic (exact) mass is 513 g/mol. The maximum absolute atomic E-state index is 13.9. The highest BCUT2D eigenvalue weighted by Gasteiger charge is 2.53. The van der Waals surface area contributed by atoms with Gasteiger partial charge in [-0.2, -0.15) is 0 Å². The van der Waals surface area contributed by atoms with Gasteiger partial charge < -0.3 is 19.9 Å². The lowest BCUT2D eigenvalue weighted by molar-refractivity contribution is -0.128. The van der Waals surface area contributed by atoms with Crippen LogP contribution in [0.15, 0.2) is 89.0 Å². The Morgan fingerprint density at radius 1 is 1.13 bits per heavy atom. The van der Waals surface area contributed by atoms with Crippen molar-refractivity contribution in [1.29, 1.82) is 0 Å². The summed E-state index contributed by atoms with van der Waals surface area (Å²) in [6.07, 6.45) is 0.768. The summed E-state index contributed by atoms with van der Waals surface area (Å²) in [5, 5.41) is 15.9. The summed E-state index contributed by atoms with van der Waals surface area (Å²) in [5.74, 6) is 0.743. The fourth-order valence-electron chi connectivity index (χ4n) is 4.40. The van der Waals surface area contributed by atoms with Gasteiger partial charge in [-0.15, -0.1) is 0 Å². The number of nitrogens with one attached hydrogen (secondary N) is 1. The Hall–Kier alpha value is -4.33. The molecule has 196 valence electrons. The number of amides is 1. The Morgan fingerprint density at radius 3 is 2.58 bits per heavy atom. The van der Waals surface area contributed by atoms with Crippen LogP contribution in [0.2, 0.25) is 0 Å². The van der Waals surface area contributed by atoms with Gasteiger partial charge in [0.05, 0.1) is 6.61 Å². The molecule has 0 spiro atoms. The largest absolute Gasteiger partial charge is 0.494 e. The molecule has 9 heteroatoms. The van der Waals surface area contributed by atoms with Crippen LogP contribution >= 0.6 is 0 Å². The fourth-order valence-corrected chi connectivity index (χ4v) is 4.40. The minimum Gasteiger partial charge on any atom is -0.494 e. The zero-order chi connectivity index (χ0) is 26.8. The molecule has 0 radical (unpaired) electrons. The van der Waals surface area contributed by atoms with Crippen LogP contribution < -0.4 is 10.1 Å². The Bertz CT molecular complexity index is 1310. The number of aliphatic imine (C=N–C) groups is 1. The first-order chi connectivity index (χ1) is 18.6. The minimum absolute atomic E-state index is 0.0641. The molecule has 3 aromatic carbocycles. The molecule has 0 saturated carbocycles. The molecule has 1 amide bonds. The number of aliphatic hydroxyl groups excluding tert-OH is 1. The van der Waals surface area contributed by atoms with Gasteiger partial charge >= 0.3 is 0 Å². The number of carbonyl (C=O) groups is 1. The van der Waals surface area contributed by atoms with E-state index in [1.54, 1.807) is 12.1 Å². The molecule has 0 saturated heterocycles. The maximum atomic E-state index is 13.9. The van der Waals surface area contributed by atoms with Gasteiger partial charge in [-0.05, 0) is 47.3 Å². The van der Waals surface area contributed by atoms with Crippen LogP contribution in [0.25, 0.3) is 10.4 Å². The van der Waals surface area contributed by atoms with Crippen molar-refractivity contribution in [3.05, 3.63) is 106 Å². The number of rotatable bonds is 12. The Kier molecular flexibility index (Phi) is 8.98. The van der Waals surface area contributed by atoms with Gasteiger partial charge in [-0.3, -0.25) is 4.79 Å². The van der Waals surface area contributed by atoms with E-state index in [4.69, 9.17) is 25.1 Å². The van der Waals surface area contributed by atoms with E-state index in [1.165, 1.54) is 0 Å². The second-order valence-corrected chi connectivity index (χ2v) is 8.95. The molecule has 0 fully saturated rings. The highest BCUT2D eigenvalue weighted by molar-refractivity contribution is 6.01. The van der Waals surface area contributed by atoms with Gasteiger partial charge in [0.1, 0.15) is 5.75 Å². The molecule has 38 heavy (non-hydrogen) atoms. The van der Waals surface area contributed by atoms with E-state index < -0.39 is 11.6 Å². The van der Waals surface area contributed by atoms with E-state index in [1.807, 2.05) is 73.7 Å². The van der Waals surface area contributed by atoms with Crippen molar-refractivity contribution in [2.24, 2.45) is 10.1 Å². The van der Waals surface area contributed by atoms with Gasteiger partial charge in [0.25, 0.3) is 5.91 Å². The summed E-state index contributed by atoms with van der Waals surface area (Å²) in [6.45, 7) is 2.96. The SMILES string of the molecule is CCCNC(=O)[C@]1(Cc2ccccc2N=[N+]=[N-])N=C(c2ccc(OCCCO)cc2)O[C@@H]1c1ccccc1. The van der Waals surface area contributed by atoms with Gasteiger partial charge in [-0.25, -0.2) is 4.99 Å². The predicted molar refractivity (Wildman–Crippen MR) is 145 cm³/mol. The quantitative estimate of drug-likeness (QED) is 0.145. The van der Waals surface area contributed by atoms with Gasteiger partial charge in [0, 0.05) is 42.2 Å². The van der Waals surface area contributed by atoms with E-state index in [0.717, 1.165) is 12.0 Å². The average molecular weight is 514 g/mol. The summed E-state index contributed by atoms with van der Waals surface area (Å²) in [4.78, 5) is 21.9. The zero-order valence-corrected chi connectivity index (χ0v) is 21.3. The second kappa shape index (κ2) is 12.8. The predicted octanol–water partition coefficient (Wildman–Crippen LogP) is 5.42. The molecule has 0 aromatic heterocycles. The molecular weight excluding hydrogens is 482 g/mol. The highest BCUT2D eigenvalue weighted by atomic mass is 16.5. The van der Waals surface area contributed by atoms with E-state index in [9.17, 15) is 4.79 Å². The third-order valence-electron chi connectivity index (χ3n) is 6.27. The molecule has 9 nitrogen and oxygen atoms in total. The Morgan fingerprint density at radius 2 is 1.87 bits per heavy atom. The Labute approximate surface area is 221 Å². The lowest BCUT2D eigenvalue weighted by Crippen LogP contribution is -2.50. The molecule has 2 N–H and O–H groups in total. The van der Waals surface area contributed by atoms with Crippen LogP contribution in [0.4, 0.5) is 5.69 Å². The number of carbonyl (C=O) groups excluding carboxylic acids is 1. The summed E-state index contributed by atoms with van der Waals surface area (Å²) in [5.41, 5.74) is 10.4. The molecule has 3 aromatic rings. The molecule has 1 aliphatic heterocycles. The topological polar surface area (TPSA) is 129 Å². The van der Waals surface area contributed by atoms with Crippen LogP contribution in [0.5, 0.6) is 5.75 Å². The Balaban J connectivity index is 1.80. The average Bonchev–Trinajstić information content (AvgIpc) is 3.34. The van der Waals surface area contributed by atoms with E-state index in [0.29, 0.717) is 48.0 Å². The lowest BCUT2D eigenvalue weighted by Gasteiger charge is -2.31. The van der Waals surface area contributed by atoms with Crippen LogP contribution in [-0.4, -0.2) is 42.2 Å². The normalized spacial score (nSPS) is 18.2. The first-order valence-electron chi connectivity index (χ1n) is 12.7. The van der Waals surface area contributed by atoms with Crippen LogP contribution in [-0.2, 0) is 16.0 Å². The third-order valence-corrected chi connectivity index (χ3v) is 6.27. The minimum atomic E-state index is -1.34. The number of hydrogen-bond acceptors (Lipinski definition) is 6. The van der Waals surface area contributed by atoms with Gasteiger partial charge in [0.15, 0.2) is 11.6 Å². The molecular formula is C29H31N5O4. The maximum Gasteiger partial charge on any atom is 0.252 e. The lowest BCUT2D eigenvalue weighted by atomic mass is 9.81. The first-order valence-corrected chi connectivity index (χ1v) is 12.7. The van der Waals surface area contributed by atoms with E-state index in [-0.39, 0.29) is 18.9 Å². The van der Waals surface area contributed by atoms with Crippen molar-refractivity contribution >= 4 is 17.5 Å². The zero-order valence-electron chi connectivity index (χ0n) is 21.3. The molecule has 1 aliphatic rings. The van der Waals surface area contributed by atoms with Gasteiger partial charge in [-0.1, -0.05) is 66.6 Å². The first kappa shape index (κ1) is 26.7. The second-order valence-electron chi connectivity index (χ2n) is 8.95. The summed E-state index contributed by atoms with van der Waals surface area (Å²) < 4.78 is 12.1. The summed E-state index contributed by atoms with van der Waals surface area (Å²) in [6, 6.07) is 24.0. The summed E-state index contributed by atoms with van der Waals surface area (Å²) in [7, 11) is 0. The number of ether oxygens (including phenoxy) is 2. The third kappa shape index (κ3) is 5.96. The van der Waals surface area contributed by atoms with Crippen molar-refractivity contribution in [1.82, 2.24) is 5.32 Å². The van der Waals surface area contributed by atoms with Crippen molar-refractivity contribution in [2.75, 3.05) is 19.8 Å². The molecule has 0 aliphatic carbocycles. The smallest absolute Gasteiger partial charge is 0.252 e. The van der Waals surface area contributed by atoms with Crippen molar-refractivity contribution in [2.45, 2.75) is 37.8 Å². The molecule has 2 atom stereocenters. The van der Waals surface area contributed by atoms with Gasteiger partial charge in [0.2, 0.25) is 5.90 Å². The molecule has 4 rings (SSSR count). The highest BCUT2D eigenvalue weighted by Crippen LogP contribution is 2.43. The van der Waals surface area contributed by atoms with Crippen molar-refractivity contribution in [3.63, 3.8) is 0 Å². The van der Waals surface area contributed by atoms with Crippen LogP contribution in [0, 0.1) is 0 Å². The van der Waals surface area contributed by atoms with E-state index in [2.05, 4.69) is 15.3 Å². The van der Waals surface area contributed by atoms with Crippen molar-refractivity contribution < 1.29 is 19.4 Å². The number of hydrogen-bond donors (Lipinski definition) is 2. The fraction of sp³-hybridized carbons (Fsp3) is 0.310. The number of nitrogens with zero attached hydrogens (tertiary/aromatic N) is 4. The number of benzene rings is 3. The summed E-state index contributed by atoms with van der Waals surface area (Å²) >= 11 is 0. The molecule has 0 unspecified atom stereocenters. The van der Waals surface area contributed by atoms with Crippen LogP contribution in [0.1, 0.15) is 42.6 Å². The van der Waals surface area contributed by atoms with E-state index >= 15 is 0 Å². The van der Waals surface area contributed by atoms with Crippen molar-refractivity contribution in [3.8, 4) is 5.75 Å². The number of azide groups is 1. The number of aliphatic hydroxyl groups is 1.